The number of nitrogens with one attached hydrogen (secondary N) is 1. The van der Waals surface area contributed by atoms with Gasteiger partial charge in [0.2, 0.25) is 0 Å². The lowest BCUT2D eigenvalue weighted by molar-refractivity contribution is 0.0952. The Bertz CT molecular complexity index is 608. The van der Waals surface area contributed by atoms with Gasteiger partial charge in [0, 0.05) is 37.3 Å². The Hall–Kier alpha value is -2.10. The number of aliphatic hydroxyl groups is 1. The van der Waals surface area contributed by atoms with Crippen LogP contribution in [0.5, 0.6) is 0 Å². The molecule has 0 bridgehead atoms. The van der Waals surface area contributed by atoms with Gasteiger partial charge in [0.05, 0.1) is 23.4 Å². The fraction of sp³-hybridized carbons (Fsp3) is 0.286. The van der Waals surface area contributed by atoms with Gasteiger partial charge in [0.1, 0.15) is 0 Å². The topological polar surface area (TPSA) is 67.2 Å². The third-order valence-electron chi connectivity index (χ3n) is 2.52. The smallest absolute Gasteiger partial charge is 0.252 e. The molecular formula is C14H15N3O2S. The van der Waals surface area contributed by atoms with Gasteiger partial charge in [-0.1, -0.05) is 11.8 Å². The van der Waals surface area contributed by atoms with Gasteiger partial charge >= 0.3 is 0 Å². The van der Waals surface area contributed by atoms with Crippen molar-refractivity contribution in [1.29, 1.82) is 0 Å². The van der Waals surface area contributed by atoms with Gasteiger partial charge in [-0.25, -0.2) is 4.98 Å². The first-order valence-electron chi connectivity index (χ1n) is 6.22. The van der Waals surface area contributed by atoms with Crippen LogP contribution in [0.3, 0.4) is 0 Å². The van der Waals surface area contributed by atoms with Gasteiger partial charge in [-0.2, -0.15) is 0 Å². The summed E-state index contributed by atoms with van der Waals surface area (Å²) in [5, 5.41) is 13.3. The van der Waals surface area contributed by atoms with Gasteiger partial charge in [0.25, 0.3) is 5.91 Å². The highest BCUT2D eigenvalue weighted by Gasteiger charge is 2.07. The van der Waals surface area contributed by atoms with Crippen molar-refractivity contribution in [2.45, 2.75) is 13.0 Å². The highest BCUT2D eigenvalue weighted by atomic mass is 32.1. The van der Waals surface area contributed by atoms with Crippen LogP contribution in [0.15, 0.2) is 30.2 Å². The Morgan fingerprint density at radius 3 is 3.20 bits per heavy atom. The molecule has 6 heteroatoms. The molecule has 0 aromatic carbocycles. The lowest BCUT2D eigenvalue weighted by atomic mass is 10.3. The second kappa shape index (κ2) is 7.48. The first-order chi connectivity index (χ1) is 9.79. The number of hydrogen-bond acceptors (Lipinski definition) is 4. The van der Waals surface area contributed by atoms with E-state index in [1.54, 1.807) is 24.0 Å². The minimum absolute atomic E-state index is 0.0555. The number of carbonyl (C=O) groups excluding carboxylic acids is 1. The summed E-state index contributed by atoms with van der Waals surface area (Å²) in [6.45, 7) is 1.30. The van der Waals surface area contributed by atoms with Crippen molar-refractivity contribution in [2.75, 3.05) is 13.2 Å². The van der Waals surface area contributed by atoms with Crippen LogP contribution in [0, 0.1) is 11.8 Å². The standard InChI is InChI=1S/C14H15N3O2S/c18-8-2-1-3-13-9-12(10-20-13)14(19)16-5-7-17-6-4-15-11-17/h4,6,9-11,18H,2,5,7-8H2,(H,16,19). The zero-order chi connectivity index (χ0) is 14.2. The van der Waals surface area contributed by atoms with Gasteiger partial charge < -0.3 is 15.0 Å². The Balaban J connectivity index is 1.82. The van der Waals surface area contributed by atoms with Crippen LogP contribution in [0.1, 0.15) is 21.7 Å². The molecule has 2 aromatic heterocycles. The second-order valence-electron chi connectivity index (χ2n) is 4.03. The molecule has 2 aromatic rings. The lowest BCUT2D eigenvalue weighted by Crippen LogP contribution is -2.26. The maximum absolute atomic E-state index is 11.9. The van der Waals surface area contributed by atoms with Crippen molar-refractivity contribution in [2.24, 2.45) is 0 Å². The molecule has 0 fully saturated rings. The summed E-state index contributed by atoms with van der Waals surface area (Å²) >= 11 is 1.43. The monoisotopic (exact) mass is 289 g/mol. The number of thiophene rings is 1. The van der Waals surface area contributed by atoms with E-state index in [2.05, 4.69) is 22.1 Å². The number of aliphatic hydroxyl groups excluding tert-OH is 1. The first-order valence-corrected chi connectivity index (χ1v) is 7.10. The van der Waals surface area contributed by atoms with E-state index in [-0.39, 0.29) is 12.5 Å². The fourth-order valence-electron chi connectivity index (χ4n) is 1.55. The quantitative estimate of drug-likeness (QED) is 0.810. The molecule has 5 nitrogen and oxygen atoms in total. The van der Waals surface area contributed by atoms with Crippen LogP contribution < -0.4 is 5.32 Å². The number of amides is 1. The number of nitrogens with zero attached hydrogens (tertiary/aromatic N) is 2. The maximum atomic E-state index is 11.9. The summed E-state index contributed by atoms with van der Waals surface area (Å²) in [7, 11) is 0. The third-order valence-corrected chi connectivity index (χ3v) is 3.37. The summed E-state index contributed by atoms with van der Waals surface area (Å²) in [4.78, 5) is 16.7. The molecule has 0 atom stereocenters. The van der Waals surface area contributed by atoms with E-state index in [0.29, 0.717) is 25.1 Å². The van der Waals surface area contributed by atoms with Gasteiger partial charge in [-0.05, 0) is 6.07 Å². The average molecular weight is 289 g/mol. The van der Waals surface area contributed by atoms with Crippen molar-refractivity contribution in [1.82, 2.24) is 14.9 Å². The Labute approximate surface area is 121 Å². The highest BCUT2D eigenvalue weighted by Crippen LogP contribution is 2.13. The number of carbonyl (C=O) groups is 1. The minimum atomic E-state index is -0.100. The van der Waals surface area contributed by atoms with Crippen molar-refractivity contribution in [3.8, 4) is 11.8 Å². The van der Waals surface area contributed by atoms with Crippen LogP contribution in [0.25, 0.3) is 0 Å². The van der Waals surface area contributed by atoms with E-state index in [4.69, 9.17) is 5.11 Å². The minimum Gasteiger partial charge on any atom is -0.395 e. The number of hydrogen-bond donors (Lipinski definition) is 2. The molecule has 0 aliphatic rings. The number of aromatic nitrogens is 2. The highest BCUT2D eigenvalue weighted by molar-refractivity contribution is 7.10. The molecule has 0 aliphatic heterocycles. The Morgan fingerprint density at radius 1 is 1.55 bits per heavy atom. The number of imidazole rings is 1. The molecule has 0 spiro atoms. The molecule has 2 heterocycles. The van der Waals surface area contributed by atoms with Crippen LogP contribution in [-0.4, -0.2) is 33.7 Å². The Morgan fingerprint density at radius 2 is 2.45 bits per heavy atom. The van der Waals surface area contributed by atoms with Gasteiger partial charge in [0.15, 0.2) is 0 Å². The average Bonchev–Trinajstić information content (AvgIpc) is 3.10. The third kappa shape index (κ3) is 4.23. The summed E-state index contributed by atoms with van der Waals surface area (Å²) in [5.41, 5.74) is 0.619. The molecule has 0 radical (unpaired) electrons. The first kappa shape index (κ1) is 14.3. The summed E-state index contributed by atoms with van der Waals surface area (Å²) in [5.74, 6) is 5.65. The van der Waals surface area contributed by atoms with Crippen molar-refractivity contribution in [3.05, 3.63) is 40.6 Å². The Kier molecular flexibility index (Phi) is 5.35. The molecule has 20 heavy (non-hydrogen) atoms. The molecule has 104 valence electrons. The van der Waals surface area contributed by atoms with E-state index < -0.39 is 0 Å². The SMILES string of the molecule is O=C(NCCn1ccnc1)c1csc(C#CCCO)c1. The second-order valence-corrected chi connectivity index (χ2v) is 4.94. The molecule has 2 N–H and O–H groups in total. The zero-order valence-corrected chi connectivity index (χ0v) is 11.7. The molecule has 0 unspecified atom stereocenters. The summed E-state index contributed by atoms with van der Waals surface area (Å²) < 4.78 is 1.90. The molecule has 1 amide bonds. The van der Waals surface area contributed by atoms with E-state index in [1.165, 1.54) is 11.3 Å². The zero-order valence-electron chi connectivity index (χ0n) is 10.9. The molecule has 2 rings (SSSR count). The summed E-state index contributed by atoms with van der Waals surface area (Å²) in [6, 6.07) is 1.77. The predicted octanol–water partition coefficient (Wildman–Crippen LogP) is 1.11. The predicted molar refractivity (Wildman–Crippen MR) is 77.5 cm³/mol. The van der Waals surface area contributed by atoms with E-state index in [0.717, 1.165) is 4.88 Å². The lowest BCUT2D eigenvalue weighted by Gasteiger charge is -2.04. The molecule has 0 saturated heterocycles. The van der Waals surface area contributed by atoms with Crippen LogP contribution in [0.4, 0.5) is 0 Å². The van der Waals surface area contributed by atoms with E-state index in [1.807, 2.05) is 10.8 Å². The van der Waals surface area contributed by atoms with Crippen LogP contribution >= 0.6 is 11.3 Å². The van der Waals surface area contributed by atoms with Crippen molar-refractivity contribution >= 4 is 17.2 Å². The van der Waals surface area contributed by atoms with Crippen LogP contribution in [-0.2, 0) is 6.54 Å². The summed E-state index contributed by atoms with van der Waals surface area (Å²) in [6.07, 6.45) is 5.72. The van der Waals surface area contributed by atoms with E-state index in [9.17, 15) is 4.79 Å². The van der Waals surface area contributed by atoms with Gasteiger partial charge in [-0.3, -0.25) is 4.79 Å². The van der Waals surface area contributed by atoms with Crippen LogP contribution in [0.2, 0.25) is 0 Å². The largest absolute Gasteiger partial charge is 0.395 e. The molecular weight excluding hydrogens is 274 g/mol. The maximum Gasteiger partial charge on any atom is 0.252 e. The molecule has 0 saturated carbocycles. The van der Waals surface area contributed by atoms with Crippen molar-refractivity contribution in [3.63, 3.8) is 0 Å². The fourth-order valence-corrected chi connectivity index (χ4v) is 2.30. The van der Waals surface area contributed by atoms with Gasteiger partial charge in [-0.15, -0.1) is 11.3 Å². The van der Waals surface area contributed by atoms with E-state index >= 15 is 0 Å². The van der Waals surface area contributed by atoms with Crippen molar-refractivity contribution < 1.29 is 9.90 Å². The normalized spacial score (nSPS) is 9.85. The molecule has 0 aliphatic carbocycles. The number of rotatable bonds is 5.